The number of nitrogens with zero attached hydrogens (tertiary/aromatic N) is 6. The van der Waals surface area contributed by atoms with Gasteiger partial charge in [0, 0.05) is 106 Å². The Bertz CT molecular complexity index is 6980. The molecule has 0 radical (unpaired) electrons. The highest BCUT2D eigenvalue weighted by molar-refractivity contribution is 7.85. The average molecular weight is 1970 g/mol. The number of halogens is 6. The molecule has 0 bridgehead atoms. The lowest BCUT2D eigenvalue weighted by atomic mass is 9.81. The molecule has 0 spiro atoms. The zero-order valence-electron chi connectivity index (χ0n) is 79.5. The van der Waals surface area contributed by atoms with Crippen molar-refractivity contribution in [3.05, 3.63) is 185 Å². The number of carbonyl (C=O) groups excluding carboxylic acids is 8. The Hall–Kier alpha value is -12.7. The van der Waals surface area contributed by atoms with Gasteiger partial charge >= 0.3 is 42.1 Å². The van der Waals surface area contributed by atoms with Crippen LogP contribution in [0.2, 0.25) is 0 Å². The number of carboxylic acid groups (broad SMARTS) is 1. The number of aliphatic hydroxyl groups is 3. The molecule has 9 aromatic rings. The Morgan fingerprint density at radius 1 is 0.521 bits per heavy atom. The maximum absolute atomic E-state index is 15.1. The first-order valence-electron chi connectivity index (χ1n) is 45.9. The number of aliphatic carboxylic acids is 1. The number of aldehydes is 1. The van der Waals surface area contributed by atoms with Crippen LogP contribution >= 0.6 is 0 Å². The van der Waals surface area contributed by atoms with Crippen LogP contribution < -0.4 is 44.1 Å². The zero-order valence-corrected chi connectivity index (χ0v) is 80.3. The Kier molecular flexibility index (Phi) is 30.0. The van der Waals surface area contributed by atoms with Crippen LogP contribution in [-0.2, 0) is 148 Å². The summed E-state index contributed by atoms with van der Waals surface area (Å²) in [6, 6.07) is 8.12. The Labute approximate surface area is 798 Å². The molecular weight excluding hydrogens is 1860 g/mol. The molecule has 6 aromatic heterocycles. The summed E-state index contributed by atoms with van der Waals surface area (Å²) in [5, 5.41) is 53.1. The molecule has 0 saturated heterocycles. The van der Waals surface area contributed by atoms with E-state index in [0.717, 1.165) is 66.2 Å². The van der Waals surface area contributed by atoms with Crippen LogP contribution in [0.25, 0.3) is 66.9 Å². The molecule has 12 heterocycles. The third-order valence-electron chi connectivity index (χ3n) is 26.3. The summed E-state index contributed by atoms with van der Waals surface area (Å²) >= 11 is 0. The fraction of sp³-hybridized carbons (Fsp3) is 0.480. The van der Waals surface area contributed by atoms with Gasteiger partial charge in [0.25, 0.3) is 26.8 Å². The van der Waals surface area contributed by atoms with Crippen molar-refractivity contribution in [1.82, 2.24) is 44.6 Å². The number of hydrogen-bond donors (Lipinski definition) is 10. The predicted octanol–water partition coefficient (Wildman–Crippen LogP) is 11.0. The Morgan fingerprint density at radius 2 is 0.850 bits per heavy atom. The molecule has 35 nitrogen and oxygen atoms in total. The first-order chi connectivity index (χ1) is 65.5. The second-order valence-corrected chi connectivity index (χ2v) is 39.4. The molecule has 3 aliphatic carbocycles. The van der Waals surface area contributed by atoms with Crippen molar-refractivity contribution in [2.45, 2.75) is 284 Å². The summed E-state index contributed by atoms with van der Waals surface area (Å²) in [5.41, 5.74) is 19.0. The second-order valence-electron chi connectivity index (χ2n) is 37.9. The zero-order chi connectivity index (χ0) is 103. The number of aromatic nitrogens is 6. The number of fused-ring (bicyclic) bond motifs is 15. The number of pyridine rings is 6. The highest BCUT2D eigenvalue weighted by atomic mass is 32.2. The molecule has 3 amide bonds. The van der Waals surface area contributed by atoms with Crippen molar-refractivity contribution < 1.29 is 127 Å². The number of ether oxygens (including phenoxy) is 5. The number of cyclic esters (lactones) is 3. The van der Waals surface area contributed by atoms with Gasteiger partial charge in [0.1, 0.15) is 48.5 Å². The molecule has 0 unspecified atom stereocenters. The van der Waals surface area contributed by atoms with E-state index < -0.39 is 92.2 Å². The van der Waals surface area contributed by atoms with Gasteiger partial charge in [-0.15, -0.1) is 0 Å². The van der Waals surface area contributed by atoms with Crippen LogP contribution in [0.5, 0.6) is 0 Å². The SMILES string of the molecule is CC(C)(C)OC(=O)CCCCC(=O)O.CC[C@@]1(O)C(=O)OCc2c1cc1n(c2=O)Cc2c-1nc1cc(F)c(C)c3c1c2[C@@H](N)CC3.CC[C@@]1(O)C(=O)OCc2c1cc1n(c2=O)Cc2c-1nc1cc(F)c(C)c3c1c2[C@@H](NC(=O)CCCN)CC3.CC[C@@]1(O)C(=O)OCc2c1cc1n(c2=O)Cc2c-1nc1cc(F)c(C)c3c1c2[C@@H](NC(=O)CCCNC(=O)OC(C)(C)C)CC3.CS(=O)(=O)O.O=CC(F)(F)F. The minimum absolute atomic E-state index is 0.0141. The van der Waals surface area contributed by atoms with Gasteiger partial charge in [-0.05, 0) is 221 Å². The van der Waals surface area contributed by atoms with Crippen molar-refractivity contribution in [3.63, 3.8) is 0 Å². The van der Waals surface area contributed by atoms with Gasteiger partial charge in [-0.2, -0.15) is 21.6 Å². The van der Waals surface area contributed by atoms with Crippen LogP contribution in [0, 0.1) is 38.2 Å². The van der Waals surface area contributed by atoms with E-state index in [1.165, 1.54) is 18.2 Å². The lowest BCUT2D eigenvalue weighted by Crippen LogP contribution is -2.44. The lowest BCUT2D eigenvalue weighted by Gasteiger charge is -2.31. The third kappa shape index (κ3) is 20.8. The molecule has 42 heteroatoms. The Morgan fingerprint density at radius 3 is 1.18 bits per heavy atom. The summed E-state index contributed by atoms with van der Waals surface area (Å²) in [4.78, 5) is 160. The number of rotatable bonds is 17. The predicted molar refractivity (Wildman–Crippen MR) is 495 cm³/mol. The third-order valence-corrected chi connectivity index (χ3v) is 26.3. The fourth-order valence-corrected chi connectivity index (χ4v) is 19.5. The smallest absolute Gasteiger partial charge is 0.446 e. The topological polar surface area (TPSA) is 528 Å². The summed E-state index contributed by atoms with van der Waals surface area (Å²) in [5.74, 6) is -4.85. The summed E-state index contributed by atoms with van der Waals surface area (Å²) in [7, 11) is -3.67. The molecule has 140 heavy (non-hydrogen) atoms. The average Bonchev–Trinajstić information content (AvgIpc) is 1.52. The van der Waals surface area contributed by atoms with E-state index in [0.29, 0.717) is 157 Å². The van der Waals surface area contributed by atoms with E-state index in [1.54, 1.807) is 94.2 Å². The molecule has 3 aromatic carbocycles. The molecular formula is C98H111F6N11O24S. The van der Waals surface area contributed by atoms with Crippen molar-refractivity contribution in [2.75, 3.05) is 19.3 Å². The van der Waals surface area contributed by atoms with E-state index >= 15 is 4.39 Å². The molecule has 18 rings (SSSR count). The number of carboxylic acids is 1. The lowest BCUT2D eigenvalue weighted by molar-refractivity contribution is -0.172. The van der Waals surface area contributed by atoms with Crippen LogP contribution in [0.1, 0.15) is 270 Å². The van der Waals surface area contributed by atoms with E-state index in [-0.39, 0.29) is 170 Å². The maximum Gasteiger partial charge on any atom is 0.446 e. The van der Waals surface area contributed by atoms with Gasteiger partial charge < -0.3 is 85.2 Å². The number of aryl methyl sites for hydroxylation is 3. The highest BCUT2D eigenvalue weighted by Crippen LogP contribution is 2.51. The second kappa shape index (κ2) is 40.1. The van der Waals surface area contributed by atoms with Gasteiger partial charge in [-0.3, -0.25) is 42.9 Å². The highest BCUT2D eigenvalue weighted by Gasteiger charge is 2.50. The van der Waals surface area contributed by atoms with E-state index in [4.69, 9.17) is 64.6 Å². The number of esters is 4. The number of nitrogens with one attached hydrogen (secondary N) is 3. The van der Waals surface area contributed by atoms with Crippen molar-refractivity contribution in [2.24, 2.45) is 11.5 Å². The van der Waals surface area contributed by atoms with Crippen LogP contribution in [-0.4, -0.2) is 153 Å². The molecule has 6 aliphatic heterocycles. The van der Waals surface area contributed by atoms with E-state index in [1.807, 2.05) is 20.8 Å². The van der Waals surface area contributed by atoms with E-state index in [9.17, 15) is 98.4 Å². The van der Waals surface area contributed by atoms with Crippen LogP contribution in [0.3, 0.4) is 0 Å². The number of benzene rings is 3. The number of hydrogen-bond acceptors (Lipinski definition) is 27. The molecule has 0 saturated carbocycles. The van der Waals surface area contributed by atoms with Gasteiger partial charge in [0.2, 0.25) is 18.1 Å². The van der Waals surface area contributed by atoms with Crippen molar-refractivity contribution in [3.8, 4) is 34.2 Å². The summed E-state index contributed by atoms with van der Waals surface area (Å²) in [6.07, 6.45) is 1.10. The summed E-state index contributed by atoms with van der Waals surface area (Å²) < 4.78 is 132. The number of carbonyl (C=O) groups is 9. The standard InChI is InChI=1S/C33H37FN4O7.C28H29FN4O5.C24H22FN3O4.C10H18O4.C2HF3O.CH4O3S/c1-6-33(43)20-12-24-28-18(14-38(24)29(40)19(20)15-44-30(33)41)27-22(10-9-17-16(2)21(34)13-23(37-28)26(17)27)36-25(39)8-7-11-35-31(42)45-32(3,4)5;1-3-28(37)17-9-21-25-15(11-33(21)26(35)16(17)12-38-27(28)36)24-19(31-22(34)5-4-8-30)7-6-14-13(2)18(29)10-20(32-25)23(14)24;1-3-24(31)14-6-18-21-12(8-28(18)22(29)13(14)9-32-23(24)30)19-16(26)5-4-11-10(2)15(25)7-17(27-21)20(11)19;1-10(2,3)14-9(13)7-5-4-6-8(11)12;3-2(4,5)1-6;1-5(2,3)4/h12-13,22,43H,6-11,14-15H2,1-5H3,(H,35,42)(H,36,39);9-10,19,37H,3-8,11-12,30H2,1-2H3,(H,31,34);6-7,16,31H,3-5,8-9,26H2,1-2H3;4-7H2,1-3H3,(H,11,12);1H;1H3,(H,2,3,4)/t22-,33-;19-,28-;16-,24-;;;/m000.../s1. The first kappa shape index (κ1) is 105. The van der Waals surface area contributed by atoms with Crippen molar-refractivity contribution >= 4 is 96.9 Å². The van der Waals surface area contributed by atoms with Gasteiger partial charge in [0.05, 0.1) is 105 Å². The normalized spacial score (nSPS) is 19.4. The molecule has 0 fully saturated rings. The number of nitrogens with two attached hydrogens (primary N) is 2. The van der Waals surface area contributed by atoms with Gasteiger partial charge in [0.15, 0.2) is 16.8 Å². The molecule has 9 aliphatic rings. The molecule has 12 N–H and O–H groups in total. The monoisotopic (exact) mass is 1970 g/mol. The van der Waals surface area contributed by atoms with Crippen molar-refractivity contribution in [1.29, 1.82) is 0 Å². The minimum Gasteiger partial charge on any atom is -0.481 e. The Balaban J connectivity index is 0.000000159. The largest absolute Gasteiger partial charge is 0.481 e. The number of alkyl halides is 3. The number of unbranched alkanes of at least 4 members (excludes halogenated alkanes) is 1. The minimum atomic E-state index is -4.64. The quantitative estimate of drug-likeness (QED) is 0.0101. The van der Waals surface area contributed by atoms with Crippen LogP contribution in [0.4, 0.5) is 31.1 Å². The number of alkyl carbamates (subject to hydrolysis) is 1. The van der Waals surface area contributed by atoms with Gasteiger partial charge in [-0.25, -0.2) is 47.3 Å². The maximum atomic E-state index is 15.1. The number of amides is 3. The summed E-state index contributed by atoms with van der Waals surface area (Å²) in [6.45, 7) is 21.6. The molecule has 6 atom stereocenters. The van der Waals surface area contributed by atoms with Gasteiger partial charge in [-0.1, -0.05) is 20.8 Å². The molecule has 750 valence electrons. The first-order valence-corrected chi connectivity index (χ1v) is 47.8. The fourth-order valence-electron chi connectivity index (χ4n) is 19.5. The van der Waals surface area contributed by atoms with Crippen LogP contribution in [0.15, 0.2) is 50.8 Å². The van der Waals surface area contributed by atoms with E-state index in [2.05, 4.69) is 16.0 Å².